The number of carbonyl (C=O) groups is 2. The second kappa shape index (κ2) is 9.40. The van der Waals surface area contributed by atoms with Gasteiger partial charge in [0, 0.05) is 4.47 Å². The van der Waals surface area contributed by atoms with Crippen LogP contribution in [0.1, 0.15) is 16.8 Å². The molecule has 144 valence electrons. The fourth-order valence-electron chi connectivity index (χ4n) is 2.10. The zero-order valence-electron chi connectivity index (χ0n) is 14.0. The van der Waals surface area contributed by atoms with Gasteiger partial charge >= 0.3 is 6.18 Å². The van der Waals surface area contributed by atoms with Gasteiger partial charge in [-0.05, 0) is 30.3 Å². The van der Waals surface area contributed by atoms with Gasteiger partial charge in [0.1, 0.15) is 12.3 Å². The fraction of sp³-hybridized carbons (Fsp3) is 0.222. The number of hydrogen-bond donors (Lipinski definition) is 2. The van der Waals surface area contributed by atoms with Crippen LogP contribution < -0.4 is 15.4 Å². The van der Waals surface area contributed by atoms with E-state index in [4.69, 9.17) is 4.74 Å². The van der Waals surface area contributed by atoms with E-state index >= 15 is 0 Å². The summed E-state index contributed by atoms with van der Waals surface area (Å²) in [5.41, 5.74) is 0.0765. The molecule has 0 aliphatic rings. The molecule has 2 amide bonds. The smallest absolute Gasteiger partial charge is 0.405 e. The largest absolute Gasteiger partial charge is 0.493 e. The molecule has 2 aromatic rings. The molecule has 0 saturated heterocycles. The molecule has 0 heterocycles. The van der Waals surface area contributed by atoms with Gasteiger partial charge in [-0.3, -0.25) is 9.59 Å². The number of halogens is 4. The minimum atomic E-state index is -4.52. The summed E-state index contributed by atoms with van der Waals surface area (Å²) in [4.78, 5) is 24.0. The topological polar surface area (TPSA) is 67.4 Å². The van der Waals surface area contributed by atoms with Crippen LogP contribution in [-0.2, 0) is 4.79 Å². The number of benzene rings is 2. The van der Waals surface area contributed by atoms with Gasteiger partial charge in [0.2, 0.25) is 5.91 Å². The maximum Gasteiger partial charge on any atom is 0.405 e. The first kappa shape index (κ1) is 20.8. The van der Waals surface area contributed by atoms with E-state index in [9.17, 15) is 22.8 Å². The SMILES string of the molecule is O=C(CCOc1cccc(Br)c1)Nc1ccccc1C(=O)NCC(F)(F)F. The summed E-state index contributed by atoms with van der Waals surface area (Å²) in [6, 6.07) is 12.9. The van der Waals surface area contributed by atoms with Gasteiger partial charge in [0.15, 0.2) is 0 Å². The highest BCUT2D eigenvalue weighted by Crippen LogP contribution is 2.19. The normalized spacial score (nSPS) is 11.0. The maximum absolute atomic E-state index is 12.2. The van der Waals surface area contributed by atoms with Crippen LogP contribution in [0.4, 0.5) is 18.9 Å². The monoisotopic (exact) mass is 444 g/mol. The molecule has 2 aromatic carbocycles. The Balaban J connectivity index is 1.90. The summed E-state index contributed by atoms with van der Waals surface area (Å²) in [5, 5.41) is 4.29. The van der Waals surface area contributed by atoms with E-state index in [0.717, 1.165) is 4.47 Å². The Morgan fingerprint density at radius 1 is 1.07 bits per heavy atom. The van der Waals surface area contributed by atoms with Crippen molar-refractivity contribution in [2.24, 2.45) is 0 Å². The lowest BCUT2D eigenvalue weighted by Crippen LogP contribution is -2.34. The molecule has 0 aromatic heterocycles. The van der Waals surface area contributed by atoms with Crippen molar-refractivity contribution in [1.82, 2.24) is 5.32 Å². The predicted octanol–water partition coefficient (Wildman–Crippen LogP) is 4.15. The summed E-state index contributed by atoms with van der Waals surface area (Å²) in [6.07, 6.45) is -4.51. The number of alkyl halides is 3. The van der Waals surface area contributed by atoms with Gasteiger partial charge in [-0.25, -0.2) is 0 Å². The zero-order chi connectivity index (χ0) is 19.9. The number of rotatable bonds is 7. The predicted molar refractivity (Wildman–Crippen MR) is 97.7 cm³/mol. The van der Waals surface area contributed by atoms with Gasteiger partial charge in [0.05, 0.1) is 24.3 Å². The Morgan fingerprint density at radius 2 is 1.81 bits per heavy atom. The Morgan fingerprint density at radius 3 is 2.52 bits per heavy atom. The summed E-state index contributed by atoms with van der Waals surface area (Å²) in [5.74, 6) is -0.765. The molecule has 0 radical (unpaired) electrons. The van der Waals surface area contributed by atoms with Crippen molar-refractivity contribution in [1.29, 1.82) is 0 Å². The number of hydrogen-bond acceptors (Lipinski definition) is 3. The van der Waals surface area contributed by atoms with Crippen LogP contribution in [0, 0.1) is 0 Å². The minimum Gasteiger partial charge on any atom is -0.493 e. The van der Waals surface area contributed by atoms with Crippen molar-refractivity contribution in [2.75, 3.05) is 18.5 Å². The summed E-state index contributed by atoms with van der Waals surface area (Å²) >= 11 is 3.31. The summed E-state index contributed by atoms with van der Waals surface area (Å²) < 4.78 is 43.0. The van der Waals surface area contributed by atoms with Gasteiger partial charge in [-0.1, -0.05) is 34.1 Å². The molecule has 5 nitrogen and oxygen atoms in total. The fourth-order valence-corrected chi connectivity index (χ4v) is 2.48. The van der Waals surface area contributed by atoms with Gasteiger partial charge in [0.25, 0.3) is 5.91 Å². The van der Waals surface area contributed by atoms with Crippen molar-refractivity contribution in [2.45, 2.75) is 12.6 Å². The van der Waals surface area contributed by atoms with E-state index < -0.39 is 24.5 Å². The van der Waals surface area contributed by atoms with E-state index in [0.29, 0.717) is 5.75 Å². The standard InChI is InChI=1S/C18H16BrF3N2O3/c19-12-4-3-5-13(10-12)27-9-8-16(25)24-15-7-2-1-6-14(15)17(26)23-11-18(20,21)22/h1-7,10H,8-9,11H2,(H,23,26)(H,24,25). The molecule has 9 heteroatoms. The average Bonchev–Trinajstić information content (AvgIpc) is 2.59. The average molecular weight is 445 g/mol. The highest BCUT2D eigenvalue weighted by molar-refractivity contribution is 9.10. The second-order valence-electron chi connectivity index (χ2n) is 5.45. The zero-order valence-corrected chi connectivity index (χ0v) is 15.6. The highest BCUT2D eigenvalue weighted by atomic mass is 79.9. The first-order chi connectivity index (χ1) is 12.7. The molecule has 0 saturated carbocycles. The lowest BCUT2D eigenvalue weighted by atomic mass is 10.1. The molecule has 0 aliphatic heterocycles. The van der Waals surface area contributed by atoms with Gasteiger partial charge in [-0.15, -0.1) is 0 Å². The van der Waals surface area contributed by atoms with E-state index in [2.05, 4.69) is 21.2 Å². The Kier molecular flexibility index (Phi) is 7.23. The molecule has 2 rings (SSSR count). The summed E-state index contributed by atoms with van der Waals surface area (Å²) in [6.45, 7) is -1.35. The first-order valence-corrected chi connectivity index (χ1v) is 8.66. The Hall–Kier alpha value is -2.55. The van der Waals surface area contributed by atoms with Crippen molar-refractivity contribution in [3.05, 3.63) is 58.6 Å². The number of para-hydroxylation sites is 1. The molecule has 2 N–H and O–H groups in total. The summed E-state index contributed by atoms with van der Waals surface area (Å²) in [7, 11) is 0. The number of carbonyl (C=O) groups excluding carboxylic acids is 2. The Bertz CT molecular complexity index is 812. The van der Waals surface area contributed by atoms with Gasteiger partial charge < -0.3 is 15.4 Å². The van der Waals surface area contributed by atoms with Crippen LogP contribution in [0.15, 0.2) is 53.0 Å². The molecule has 27 heavy (non-hydrogen) atoms. The van der Waals surface area contributed by atoms with E-state index in [1.54, 1.807) is 29.6 Å². The van der Waals surface area contributed by atoms with Gasteiger partial charge in [-0.2, -0.15) is 13.2 Å². The molecular formula is C18H16BrF3N2O3. The lowest BCUT2D eigenvalue weighted by Gasteiger charge is -2.13. The number of anilines is 1. The number of amides is 2. The van der Waals surface area contributed by atoms with Crippen molar-refractivity contribution in [3.8, 4) is 5.75 Å². The third-order valence-electron chi connectivity index (χ3n) is 3.29. The molecule has 0 aliphatic carbocycles. The third kappa shape index (κ3) is 7.30. The van der Waals surface area contributed by atoms with Crippen LogP contribution in [-0.4, -0.2) is 31.1 Å². The Labute approximate surface area is 162 Å². The lowest BCUT2D eigenvalue weighted by molar-refractivity contribution is -0.123. The van der Waals surface area contributed by atoms with Crippen molar-refractivity contribution < 1.29 is 27.5 Å². The van der Waals surface area contributed by atoms with Crippen molar-refractivity contribution >= 4 is 33.4 Å². The maximum atomic E-state index is 12.2. The molecule has 0 unspecified atom stereocenters. The van der Waals surface area contributed by atoms with E-state index in [-0.39, 0.29) is 24.3 Å². The van der Waals surface area contributed by atoms with Crippen LogP contribution >= 0.6 is 15.9 Å². The van der Waals surface area contributed by atoms with Crippen LogP contribution in [0.2, 0.25) is 0 Å². The molecule has 0 bridgehead atoms. The van der Waals surface area contributed by atoms with Crippen LogP contribution in [0.25, 0.3) is 0 Å². The highest BCUT2D eigenvalue weighted by Gasteiger charge is 2.28. The second-order valence-corrected chi connectivity index (χ2v) is 6.36. The molecular weight excluding hydrogens is 429 g/mol. The number of nitrogens with one attached hydrogen (secondary N) is 2. The number of ether oxygens (including phenoxy) is 1. The minimum absolute atomic E-state index is 0.00498. The van der Waals surface area contributed by atoms with E-state index in [1.807, 2.05) is 6.07 Å². The molecule has 0 atom stereocenters. The molecule has 0 fully saturated rings. The van der Waals surface area contributed by atoms with Crippen molar-refractivity contribution in [3.63, 3.8) is 0 Å². The van der Waals surface area contributed by atoms with E-state index in [1.165, 1.54) is 18.2 Å². The van der Waals surface area contributed by atoms with Crippen LogP contribution in [0.5, 0.6) is 5.75 Å². The van der Waals surface area contributed by atoms with Crippen LogP contribution in [0.3, 0.4) is 0 Å². The third-order valence-corrected chi connectivity index (χ3v) is 3.78. The molecule has 0 spiro atoms. The first-order valence-electron chi connectivity index (χ1n) is 7.87. The quantitative estimate of drug-likeness (QED) is 0.673.